The van der Waals surface area contributed by atoms with E-state index in [2.05, 4.69) is 56.6 Å². The van der Waals surface area contributed by atoms with E-state index in [1.54, 1.807) is 0 Å². The molecule has 0 fully saturated rings. The minimum atomic E-state index is 0.396. The van der Waals surface area contributed by atoms with Crippen molar-refractivity contribution in [3.05, 3.63) is 36.5 Å². The number of aromatic amines is 1. The van der Waals surface area contributed by atoms with Crippen LogP contribution >= 0.6 is 24.8 Å². The van der Waals surface area contributed by atoms with Gasteiger partial charge in [0, 0.05) is 15.9 Å². The second-order valence-electron chi connectivity index (χ2n) is 5.52. The molecule has 1 aromatic carbocycles. The van der Waals surface area contributed by atoms with E-state index in [4.69, 9.17) is 12.2 Å². The first-order valence-corrected chi connectivity index (χ1v) is 6.98. The van der Waals surface area contributed by atoms with Gasteiger partial charge in [0.1, 0.15) is 0 Å². The highest BCUT2D eigenvalue weighted by Gasteiger charge is 2.09. The number of benzene rings is 1. The summed E-state index contributed by atoms with van der Waals surface area (Å²) in [7, 11) is 0. The van der Waals surface area contributed by atoms with Gasteiger partial charge >= 0.3 is 0 Å². The second-order valence-corrected chi connectivity index (χ2v) is 6.85. The molecule has 3 heteroatoms. The van der Waals surface area contributed by atoms with Gasteiger partial charge < -0.3 is 4.98 Å². The normalized spacial score (nSPS) is 10.9. The van der Waals surface area contributed by atoms with Gasteiger partial charge in [-0.15, -0.1) is 12.6 Å². The van der Waals surface area contributed by atoms with Crippen molar-refractivity contribution in [2.24, 2.45) is 5.41 Å². The molecule has 1 N–H and O–H groups in total. The SMILES string of the molecule is CC(C)(C)CCC(=S)S.c1ccc2[nH]ccc2c1. The summed E-state index contributed by atoms with van der Waals surface area (Å²) in [5.74, 6) is 0. The lowest BCUT2D eigenvalue weighted by Gasteiger charge is -2.16. The van der Waals surface area contributed by atoms with Crippen LogP contribution < -0.4 is 0 Å². The number of aromatic nitrogens is 1. The fourth-order valence-electron chi connectivity index (χ4n) is 1.48. The summed E-state index contributed by atoms with van der Waals surface area (Å²) in [6.45, 7) is 6.62. The summed E-state index contributed by atoms with van der Waals surface area (Å²) in [6, 6.07) is 10.3. The summed E-state index contributed by atoms with van der Waals surface area (Å²) in [5.41, 5.74) is 1.60. The average Bonchev–Trinajstić information content (AvgIpc) is 2.74. The zero-order valence-electron chi connectivity index (χ0n) is 11.2. The van der Waals surface area contributed by atoms with Crippen molar-refractivity contribution >= 4 is 39.9 Å². The number of para-hydroxylation sites is 1. The molecule has 0 spiro atoms. The minimum absolute atomic E-state index is 0.396. The van der Waals surface area contributed by atoms with Crippen LogP contribution in [-0.4, -0.2) is 9.18 Å². The van der Waals surface area contributed by atoms with E-state index < -0.39 is 0 Å². The number of hydrogen-bond donors (Lipinski definition) is 2. The quantitative estimate of drug-likeness (QED) is 0.567. The average molecular weight is 279 g/mol. The summed E-state index contributed by atoms with van der Waals surface area (Å²) >= 11 is 8.87. The van der Waals surface area contributed by atoms with Gasteiger partial charge in [0.25, 0.3) is 0 Å². The van der Waals surface area contributed by atoms with Crippen molar-refractivity contribution in [1.29, 1.82) is 0 Å². The number of nitrogens with one attached hydrogen (secondary N) is 1. The van der Waals surface area contributed by atoms with Crippen molar-refractivity contribution in [1.82, 2.24) is 4.98 Å². The van der Waals surface area contributed by atoms with Gasteiger partial charge in [-0.05, 0) is 35.8 Å². The van der Waals surface area contributed by atoms with Crippen molar-refractivity contribution in [2.45, 2.75) is 33.6 Å². The van der Waals surface area contributed by atoms with E-state index in [1.165, 1.54) is 10.9 Å². The maximum atomic E-state index is 4.83. The molecule has 0 radical (unpaired) electrons. The van der Waals surface area contributed by atoms with Gasteiger partial charge in [-0.2, -0.15) is 0 Å². The van der Waals surface area contributed by atoms with Crippen LogP contribution in [0.1, 0.15) is 33.6 Å². The van der Waals surface area contributed by atoms with Gasteiger partial charge in [-0.25, -0.2) is 0 Å². The smallest absolute Gasteiger partial charge is 0.0453 e. The molecule has 0 aliphatic heterocycles. The number of H-pyrrole nitrogens is 1. The van der Waals surface area contributed by atoms with Gasteiger partial charge in [-0.1, -0.05) is 51.2 Å². The third kappa shape index (κ3) is 6.22. The molecule has 0 bridgehead atoms. The van der Waals surface area contributed by atoms with E-state index in [0.717, 1.165) is 17.0 Å². The lowest BCUT2D eigenvalue weighted by atomic mass is 9.91. The molecular formula is C15H21NS2. The molecule has 18 heavy (non-hydrogen) atoms. The standard InChI is InChI=1S/C8H7N.C7H14S2/c1-2-4-8-7(3-1)5-6-9-8;1-7(2,3)5-4-6(8)9/h1-6,9H;4-5H2,1-3H3,(H,8,9). The molecule has 2 aromatic rings. The highest BCUT2D eigenvalue weighted by molar-refractivity contribution is 8.11. The third-order valence-electron chi connectivity index (χ3n) is 2.55. The van der Waals surface area contributed by atoms with Gasteiger partial charge in [-0.3, -0.25) is 0 Å². The molecule has 0 unspecified atom stereocenters. The van der Waals surface area contributed by atoms with Crippen LogP contribution in [0.3, 0.4) is 0 Å². The van der Waals surface area contributed by atoms with Crippen LogP contribution in [0.4, 0.5) is 0 Å². The Labute approximate surface area is 120 Å². The number of thiol groups is 1. The maximum Gasteiger partial charge on any atom is 0.0453 e. The van der Waals surface area contributed by atoms with Crippen LogP contribution in [0.15, 0.2) is 36.5 Å². The summed E-state index contributed by atoms with van der Waals surface area (Å²) in [4.78, 5) is 3.12. The third-order valence-corrected chi connectivity index (χ3v) is 2.98. The van der Waals surface area contributed by atoms with Crippen molar-refractivity contribution in [2.75, 3.05) is 0 Å². The van der Waals surface area contributed by atoms with E-state index in [-0.39, 0.29) is 0 Å². The van der Waals surface area contributed by atoms with Crippen LogP contribution in [0.5, 0.6) is 0 Å². The molecule has 0 amide bonds. The highest BCUT2D eigenvalue weighted by atomic mass is 32.1. The van der Waals surface area contributed by atoms with Gasteiger partial charge in [0.05, 0.1) is 0 Å². The first-order valence-electron chi connectivity index (χ1n) is 6.12. The summed E-state index contributed by atoms with van der Waals surface area (Å²) in [5, 5.41) is 1.28. The first-order chi connectivity index (χ1) is 8.38. The molecular weight excluding hydrogens is 258 g/mol. The number of hydrogen-bond acceptors (Lipinski definition) is 1. The largest absolute Gasteiger partial charge is 0.361 e. The minimum Gasteiger partial charge on any atom is -0.361 e. The number of rotatable bonds is 2. The Morgan fingerprint density at radius 3 is 2.39 bits per heavy atom. The van der Waals surface area contributed by atoms with Crippen LogP contribution in [0.2, 0.25) is 0 Å². The Morgan fingerprint density at radius 1 is 1.22 bits per heavy atom. The molecule has 2 rings (SSSR count). The molecule has 0 aliphatic carbocycles. The molecule has 98 valence electrons. The fourth-order valence-corrected chi connectivity index (χ4v) is 1.69. The molecule has 1 aromatic heterocycles. The van der Waals surface area contributed by atoms with Gasteiger partial charge in [0.15, 0.2) is 0 Å². The van der Waals surface area contributed by atoms with E-state index in [0.29, 0.717) is 5.41 Å². The molecule has 0 atom stereocenters. The lowest BCUT2D eigenvalue weighted by molar-refractivity contribution is 0.387. The molecule has 1 nitrogen and oxygen atoms in total. The predicted octanol–water partition coefficient (Wildman–Crippen LogP) is 5.24. The second kappa shape index (κ2) is 6.95. The zero-order valence-corrected chi connectivity index (χ0v) is 12.9. The van der Waals surface area contributed by atoms with Crippen molar-refractivity contribution in [3.63, 3.8) is 0 Å². The molecule has 0 saturated carbocycles. The predicted molar refractivity (Wildman–Crippen MR) is 88.6 cm³/mol. The summed E-state index contributed by atoms with van der Waals surface area (Å²) in [6.07, 6.45) is 4.04. The van der Waals surface area contributed by atoms with E-state index >= 15 is 0 Å². The van der Waals surface area contributed by atoms with E-state index in [9.17, 15) is 0 Å². The zero-order chi connectivity index (χ0) is 13.6. The number of thiocarbonyl (C=S) groups is 1. The molecule has 0 saturated heterocycles. The molecule has 1 heterocycles. The van der Waals surface area contributed by atoms with Crippen LogP contribution in [-0.2, 0) is 0 Å². The molecule has 0 aliphatic rings. The monoisotopic (exact) mass is 279 g/mol. The summed E-state index contributed by atoms with van der Waals surface area (Å²) < 4.78 is 0.824. The Balaban J connectivity index is 0.000000180. The van der Waals surface area contributed by atoms with Crippen molar-refractivity contribution in [3.8, 4) is 0 Å². The first kappa shape index (κ1) is 15.3. The topological polar surface area (TPSA) is 15.8 Å². The van der Waals surface area contributed by atoms with Crippen LogP contribution in [0.25, 0.3) is 10.9 Å². The fraction of sp³-hybridized carbons (Fsp3) is 0.400. The Kier molecular flexibility index (Phi) is 5.89. The lowest BCUT2D eigenvalue weighted by Crippen LogP contribution is -2.05. The maximum absolute atomic E-state index is 4.83. The number of fused-ring (bicyclic) bond motifs is 1. The highest BCUT2D eigenvalue weighted by Crippen LogP contribution is 2.21. The van der Waals surface area contributed by atoms with Gasteiger partial charge in [0.2, 0.25) is 0 Å². The Hall–Kier alpha value is -0.800. The van der Waals surface area contributed by atoms with Crippen LogP contribution in [0, 0.1) is 5.41 Å². The Morgan fingerprint density at radius 2 is 1.89 bits per heavy atom. The van der Waals surface area contributed by atoms with Crippen molar-refractivity contribution < 1.29 is 0 Å². The van der Waals surface area contributed by atoms with E-state index in [1.807, 2.05) is 18.3 Å². The Bertz CT molecular complexity index is 464.